The van der Waals surface area contributed by atoms with Crippen LogP contribution in [-0.2, 0) is 38.6 Å². The van der Waals surface area contributed by atoms with Crippen molar-refractivity contribution in [2.75, 3.05) is 6.54 Å². The number of amides is 4. The van der Waals surface area contributed by atoms with Crippen LogP contribution in [0.1, 0.15) is 54.6 Å². The van der Waals surface area contributed by atoms with E-state index in [4.69, 9.17) is 4.52 Å². The Balaban J connectivity index is 1.45. The van der Waals surface area contributed by atoms with Crippen LogP contribution in [-0.4, -0.2) is 73.3 Å². The number of likely N-dealkylation sites (tertiary alicyclic amines) is 1. The Morgan fingerprint density at radius 1 is 1.07 bits per heavy atom. The molecule has 1 fully saturated rings. The third kappa shape index (κ3) is 6.19. The fraction of sp³-hybridized carbons (Fsp3) is 0.483. The molecular formula is C29H36N8O5. The molecule has 0 radical (unpaired) electrons. The normalized spacial score (nSPS) is 23.2. The first kappa shape index (κ1) is 29.0. The maximum absolute atomic E-state index is 13.8. The molecule has 4 atom stereocenters. The second-order valence-electron chi connectivity index (χ2n) is 11.3. The van der Waals surface area contributed by atoms with Gasteiger partial charge in [-0.25, -0.2) is 4.68 Å². The average Bonchev–Trinajstić information content (AvgIpc) is 3.69. The van der Waals surface area contributed by atoms with Gasteiger partial charge in [0.15, 0.2) is 0 Å². The zero-order valence-corrected chi connectivity index (χ0v) is 24.2. The lowest BCUT2D eigenvalue weighted by molar-refractivity contribution is -0.139. The summed E-state index contributed by atoms with van der Waals surface area (Å²) in [5.74, 6) is -1.28. The van der Waals surface area contributed by atoms with Crippen molar-refractivity contribution in [2.24, 2.45) is 5.92 Å². The number of hydrogen-bond acceptors (Lipinski definition) is 8. The molecule has 0 saturated carbocycles. The molecule has 13 heteroatoms. The largest absolute Gasteiger partial charge is 0.361 e. The van der Waals surface area contributed by atoms with Crippen molar-refractivity contribution in [3.05, 3.63) is 64.8 Å². The van der Waals surface area contributed by atoms with Gasteiger partial charge in [0.25, 0.3) is 0 Å². The molecule has 3 N–H and O–H groups in total. The zero-order valence-electron chi connectivity index (χ0n) is 24.2. The summed E-state index contributed by atoms with van der Waals surface area (Å²) in [4.78, 5) is 55.7. The minimum absolute atomic E-state index is 0.0293. The molecule has 0 spiro atoms. The number of carbonyl (C=O) groups excluding carboxylic acids is 4. The highest BCUT2D eigenvalue weighted by Crippen LogP contribution is 2.29. The predicted molar refractivity (Wildman–Crippen MR) is 150 cm³/mol. The van der Waals surface area contributed by atoms with Gasteiger partial charge in [-0.15, -0.1) is 5.10 Å². The van der Waals surface area contributed by atoms with E-state index in [1.807, 2.05) is 44.2 Å². The number of aryl methyl sites for hydroxylation is 2. The molecular weight excluding hydrogens is 540 g/mol. The summed E-state index contributed by atoms with van der Waals surface area (Å²) in [6.45, 7) is 7.49. The van der Waals surface area contributed by atoms with E-state index >= 15 is 0 Å². The summed E-state index contributed by atoms with van der Waals surface area (Å²) in [5.41, 5.74) is 2.70. The van der Waals surface area contributed by atoms with Crippen LogP contribution in [0, 0.1) is 19.8 Å². The average molecular weight is 577 g/mol. The summed E-state index contributed by atoms with van der Waals surface area (Å²) in [7, 11) is 0. The van der Waals surface area contributed by atoms with Gasteiger partial charge >= 0.3 is 0 Å². The summed E-state index contributed by atoms with van der Waals surface area (Å²) < 4.78 is 6.86. The smallest absolute Gasteiger partial charge is 0.243 e. The van der Waals surface area contributed by atoms with Crippen molar-refractivity contribution in [1.82, 2.24) is 41.0 Å². The molecule has 2 aromatic heterocycles. The molecule has 4 bridgehead atoms. The maximum atomic E-state index is 13.8. The second-order valence-corrected chi connectivity index (χ2v) is 11.3. The van der Waals surface area contributed by atoms with Crippen molar-refractivity contribution in [2.45, 2.75) is 77.7 Å². The van der Waals surface area contributed by atoms with E-state index in [-0.39, 0.29) is 56.1 Å². The van der Waals surface area contributed by atoms with Crippen molar-refractivity contribution in [3.63, 3.8) is 0 Å². The molecule has 42 heavy (non-hydrogen) atoms. The van der Waals surface area contributed by atoms with Gasteiger partial charge in [-0.1, -0.05) is 54.5 Å². The van der Waals surface area contributed by atoms with Crippen molar-refractivity contribution < 1.29 is 23.7 Å². The van der Waals surface area contributed by atoms with Crippen LogP contribution < -0.4 is 16.0 Å². The minimum Gasteiger partial charge on any atom is -0.361 e. The Kier molecular flexibility index (Phi) is 8.36. The fourth-order valence-electron chi connectivity index (χ4n) is 5.52. The number of hydrogen-bond donors (Lipinski definition) is 3. The van der Waals surface area contributed by atoms with Crippen molar-refractivity contribution in [3.8, 4) is 0 Å². The van der Waals surface area contributed by atoms with Gasteiger partial charge in [0.05, 0.1) is 30.9 Å². The molecule has 222 valence electrons. The number of carbonyl (C=O) groups is 4. The molecule has 0 aliphatic carbocycles. The molecule has 4 amide bonds. The minimum atomic E-state index is -0.926. The standard InChI is InChI=1S/C29H36N8O5/c1-16(2)26-29(41)31-23(10-19-8-6-5-7-9-19)27(39)30-13-20-14-37(35-33-20)21-11-24(28(40)32-26)36(15-21)25(38)12-22-17(3)34-42-18(22)4/h5-9,14,16,21,23-24,26H,10-13,15H2,1-4H3,(H,30,39)(H,31,41)(H,32,40)/t21-,23+,24-,26-/m0/s1. The van der Waals surface area contributed by atoms with Gasteiger partial charge in [0.2, 0.25) is 23.6 Å². The predicted octanol–water partition coefficient (Wildman–Crippen LogP) is 0.766. The van der Waals surface area contributed by atoms with Crippen LogP contribution in [0.25, 0.3) is 0 Å². The van der Waals surface area contributed by atoms with Crippen molar-refractivity contribution in [1.29, 1.82) is 0 Å². The van der Waals surface area contributed by atoms with Crippen molar-refractivity contribution >= 4 is 23.6 Å². The molecule has 1 aromatic carbocycles. The first-order valence-electron chi connectivity index (χ1n) is 14.1. The summed E-state index contributed by atoms with van der Waals surface area (Å²) in [5, 5.41) is 21.0. The molecule has 1 saturated heterocycles. The second kappa shape index (κ2) is 12.1. The van der Waals surface area contributed by atoms with Gasteiger partial charge in [-0.3, -0.25) is 19.2 Å². The Morgan fingerprint density at radius 2 is 1.83 bits per heavy atom. The van der Waals surface area contributed by atoms with Crippen LogP contribution in [0.3, 0.4) is 0 Å². The quantitative estimate of drug-likeness (QED) is 0.401. The third-order valence-corrected chi connectivity index (χ3v) is 7.95. The van der Waals surface area contributed by atoms with Crippen LogP contribution in [0.15, 0.2) is 41.1 Å². The lowest BCUT2D eigenvalue weighted by Gasteiger charge is -2.29. The van der Waals surface area contributed by atoms with Crippen LogP contribution in [0.4, 0.5) is 0 Å². The molecule has 13 nitrogen and oxygen atoms in total. The number of nitrogens with zero attached hydrogens (tertiary/aromatic N) is 5. The van der Waals surface area contributed by atoms with Gasteiger partial charge in [0, 0.05) is 24.9 Å². The Bertz CT molecular complexity index is 1450. The van der Waals surface area contributed by atoms with E-state index in [0.717, 1.165) is 5.56 Å². The van der Waals surface area contributed by atoms with E-state index in [0.29, 0.717) is 22.7 Å². The van der Waals surface area contributed by atoms with Gasteiger partial charge in [-0.05, 0) is 25.3 Å². The number of fused-ring (bicyclic) bond motifs is 5. The Labute approximate surface area is 243 Å². The summed E-state index contributed by atoms with van der Waals surface area (Å²) in [6, 6.07) is 6.40. The molecule has 4 heterocycles. The highest BCUT2D eigenvalue weighted by molar-refractivity contribution is 5.95. The fourth-order valence-corrected chi connectivity index (χ4v) is 5.52. The maximum Gasteiger partial charge on any atom is 0.243 e. The number of rotatable bonds is 5. The lowest BCUT2D eigenvalue weighted by Crippen LogP contribution is -2.58. The van der Waals surface area contributed by atoms with Crippen LogP contribution in [0.5, 0.6) is 0 Å². The molecule has 2 aliphatic heterocycles. The lowest BCUT2D eigenvalue weighted by atomic mass is 10.00. The van der Waals surface area contributed by atoms with E-state index in [9.17, 15) is 19.2 Å². The van der Waals surface area contributed by atoms with Gasteiger partial charge < -0.3 is 25.4 Å². The summed E-state index contributed by atoms with van der Waals surface area (Å²) >= 11 is 0. The monoisotopic (exact) mass is 576 g/mol. The topological polar surface area (TPSA) is 164 Å². The van der Waals surface area contributed by atoms with Crippen LogP contribution in [0.2, 0.25) is 0 Å². The molecule has 5 rings (SSSR count). The van der Waals surface area contributed by atoms with E-state index in [1.165, 1.54) is 4.90 Å². The number of aromatic nitrogens is 4. The zero-order chi connectivity index (χ0) is 30.0. The van der Waals surface area contributed by atoms with Gasteiger partial charge in [-0.2, -0.15) is 0 Å². The number of benzene rings is 1. The third-order valence-electron chi connectivity index (χ3n) is 7.95. The Morgan fingerprint density at radius 3 is 2.52 bits per heavy atom. The molecule has 2 aliphatic rings. The Hall–Kier alpha value is -4.55. The van der Waals surface area contributed by atoms with Crippen LogP contribution >= 0.6 is 0 Å². The van der Waals surface area contributed by atoms with Gasteiger partial charge in [0.1, 0.15) is 29.6 Å². The molecule has 3 aromatic rings. The first-order valence-corrected chi connectivity index (χ1v) is 14.1. The number of nitrogens with one attached hydrogen (secondary N) is 3. The van der Waals surface area contributed by atoms with E-state index in [1.54, 1.807) is 24.7 Å². The highest BCUT2D eigenvalue weighted by atomic mass is 16.5. The first-order chi connectivity index (χ1) is 20.1. The summed E-state index contributed by atoms with van der Waals surface area (Å²) in [6.07, 6.45) is 2.29. The highest BCUT2D eigenvalue weighted by Gasteiger charge is 2.42. The SMILES string of the molecule is Cc1noc(C)c1CC(=O)N1C[C@@H]2C[C@H]1C(=O)N[C@@H](C(C)C)C(=O)N[C@H](Cc1ccccc1)C(=O)NCc1cn2nn1. The van der Waals surface area contributed by atoms with E-state index in [2.05, 4.69) is 31.4 Å². The van der Waals surface area contributed by atoms with E-state index < -0.39 is 29.9 Å². The molecule has 0 unspecified atom stereocenters.